The van der Waals surface area contributed by atoms with Gasteiger partial charge in [0.25, 0.3) is 10.0 Å². The molecule has 8 nitrogen and oxygen atoms in total. The standard InChI is InChI=1S/C15H12FN3O5S/c16-9-3-1-7(2-4-9)5-8-6-18-14-10(11(8)17)13(20)12(15(21)22)19-25(14,23)24/h1-4,6,12,19H,5H2,(H2,17,18)(H,21,22). The molecule has 0 fully saturated rings. The normalized spacial score (nSPS) is 18.6. The summed E-state index contributed by atoms with van der Waals surface area (Å²) in [5, 5.41) is 8.44. The van der Waals surface area contributed by atoms with Crippen LogP contribution < -0.4 is 10.5 Å². The Labute approximate surface area is 141 Å². The average molecular weight is 365 g/mol. The van der Waals surface area contributed by atoms with Crippen LogP contribution in [0.25, 0.3) is 0 Å². The van der Waals surface area contributed by atoms with E-state index in [0.717, 1.165) is 0 Å². The summed E-state index contributed by atoms with van der Waals surface area (Å²) >= 11 is 0. The number of nitrogens with one attached hydrogen (secondary N) is 1. The number of nitrogens with zero attached hydrogens (tertiary/aromatic N) is 1. The Balaban J connectivity index is 2.10. The maximum Gasteiger partial charge on any atom is 0.329 e. The minimum Gasteiger partial charge on any atom is -0.480 e. The summed E-state index contributed by atoms with van der Waals surface area (Å²) in [6.45, 7) is 0. The fraction of sp³-hybridized carbons (Fsp3) is 0.133. The third-order valence-electron chi connectivity index (χ3n) is 3.76. The summed E-state index contributed by atoms with van der Waals surface area (Å²) in [7, 11) is -4.28. The number of rotatable bonds is 3. The smallest absolute Gasteiger partial charge is 0.329 e. The summed E-state index contributed by atoms with van der Waals surface area (Å²) in [5.41, 5.74) is 6.33. The number of halogens is 1. The monoisotopic (exact) mass is 365 g/mol. The van der Waals surface area contributed by atoms with Crippen molar-refractivity contribution in [2.75, 3.05) is 5.73 Å². The van der Waals surface area contributed by atoms with Crippen molar-refractivity contribution in [3.8, 4) is 0 Å². The van der Waals surface area contributed by atoms with Gasteiger partial charge in [0.05, 0.1) is 11.3 Å². The Morgan fingerprint density at radius 1 is 1.32 bits per heavy atom. The second kappa shape index (κ2) is 5.90. The van der Waals surface area contributed by atoms with Gasteiger partial charge in [-0.15, -0.1) is 0 Å². The molecule has 4 N–H and O–H groups in total. The number of nitrogen functional groups attached to an aromatic ring is 1. The summed E-state index contributed by atoms with van der Waals surface area (Å²) in [6, 6.07) is 3.56. The lowest BCUT2D eigenvalue weighted by molar-refractivity contribution is -0.137. The maximum atomic E-state index is 13.0. The number of pyridine rings is 1. The van der Waals surface area contributed by atoms with E-state index in [9.17, 15) is 22.4 Å². The zero-order valence-electron chi connectivity index (χ0n) is 12.6. The molecule has 10 heteroatoms. The second-order valence-corrected chi connectivity index (χ2v) is 7.07. The molecule has 1 aromatic heterocycles. The highest BCUT2D eigenvalue weighted by Crippen LogP contribution is 2.29. The first-order valence-corrected chi connectivity index (χ1v) is 8.50. The van der Waals surface area contributed by atoms with Crippen molar-refractivity contribution < 1.29 is 27.5 Å². The van der Waals surface area contributed by atoms with Gasteiger partial charge in [0.1, 0.15) is 5.82 Å². The number of anilines is 1. The SMILES string of the molecule is Nc1c(Cc2ccc(F)cc2)cnc2c1C(=O)C(C(=O)O)NS2(=O)=O. The first-order chi connectivity index (χ1) is 11.7. The van der Waals surface area contributed by atoms with Gasteiger partial charge in [-0.3, -0.25) is 4.79 Å². The second-order valence-electron chi connectivity index (χ2n) is 5.44. The lowest BCUT2D eigenvalue weighted by atomic mass is 9.98. The summed E-state index contributed by atoms with van der Waals surface area (Å²) < 4.78 is 39.0. The Morgan fingerprint density at radius 3 is 2.56 bits per heavy atom. The highest BCUT2D eigenvalue weighted by molar-refractivity contribution is 7.89. The number of nitrogens with two attached hydrogens (primary N) is 1. The van der Waals surface area contributed by atoms with Crippen LogP contribution in [0.2, 0.25) is 0 Å². The lowest BCUT2D eigenvalue weighted by Crippen LogP contribution is -2.51. The number of fused-ring (bicyclic) bond motifs is 1. The zero-order chi connectivity index (χ0) is 18.4. The van der Waals surface area contributed by atoms with Crippen LogP contribution in [-0.4, -0.2) is 36.3 Å². The Morgan fingerprint density at radius 2 is 1.96 bits per heavy atom. The Kier molecular flexibility index (Phi) is 4.01. The van der Waals surface area contributed by atoms with Gasteiger partial charge in [-0.2, -0.15) is 4.72 Å². The molecule has 130 valence electrons. The minimum atomic E-state index is -4.28. The van der Waals surface area contributed by atoms with Crippen LogP contribution in [0, 0.1) is 5.82 Å². The third-order valence-corrected chi connectivity index (χ3v) is 5.12. The van der Waals surface area contributed by atoms with Gasteiger partial charge in [-0.25, -0.2) is 22.6 Å². The molecule has 2 aromatic rings. The number of hydrogen-bond donors (Lipinski definition) is 3. The summed E-state index contributed by atoms with van der Waals surface area (Å²) in [6.07, 6.45) is 1.37. The summed E-state index contributed by atoms with van der Waals surface area (Å²) in [5.74, 6) is -3.04. The number of carboxylic acids is 1. The highest BCUT2D eigenvalue weighted by atomic mass is 32.2. The van der Waals surface area contributed by atoms with Crippen molar-refractivity contribution in [1.82, 2.24) is 9.71 Å². The number of aromatic nitrogens is 1. The van der Waals surface area contributed by atoms with E-state index in [1.165, 1.54) is 30.5 Å². The molecule has 0 aliphatic carbocycles. The fourth-order valence-electron chi connectivity index (χ4n) is 2.52. The Hall–Kier alpha value is -2.85. The molecule has 25 heavy (non-hydrogen) atoms. The van der Waals surface area contributed by atoms with E-state index in [1.54, 1.807) is 4.72 Å². The van der Waals surface area contributed by atoms with E-state index in [4.69, 9.17) is 10.8 Å². The molecule has 0 bridgehead atoms. The van der Waals surface area contributed by atoms with Crippen molar-refractivity contribution in [3.05, 3.63) is 53.0 Å². The molecule has 0 amide bonds. The molecule has 1 aromatic carbocycles. The third kappa shape index (κ3) is 2.96. The van der Waals surface area contributed by atoms with E-state index < -0.39 is 44.2 Å². The number of Topliss-reactive ketones (excluding diaryl/α,β-unsaturated/α-hetero) is 1. The van der Waals surface area contributed by atoms with Crippen LogP contribution in [0.4, 0.5) is 10.1 Å². The van der Waals surface area contributed by atoms with Gasteiger partial charge < -0.3 is 10.8 Å². The lowest BCUT2D eigenvalue weighted by Gasteiger charge is -2.23. The minimum absolute atomic E-state index is 0.157. The highest BCUT2D eigenvalue weighted by Gasteiger charge is 2.43. The van der Waals surface area contributed by atoms with Gasteiger partial charge in [-0.1, -0.05) is 12.1 Å². The van der Waals surface area contributed by atoms with Crippen LogP contribution >= 0.6 is 0 Å². The van der Waals surface area contributed by atoms with E-state index in [2.05, 4.69) is 4.98 Å². The molecule has 3 rings (SSSR count). The van der Waals surface area contributed by atoms with Crippen molar-refractivity contribution in [2.24, 2.45) is 0 Å². The number of carboxylic acid groups (broad SMARTS) is 1. The van der Waals surface area contributed by atoms with Crippen LogP contribution in [0.15, 0.2) is 35.5 Å². The van der Waals surface area contributed by atoms with Crippen molar-refractivity contribution >= 4 is 27.5 Å². The molecular weight excluding hydrogens is 353 g/mol. The average Bonchev–Trinajstić information content (AvgIpc) is 2.54. The first-order valence-electron chi connectivity index (χ1n) is 7.02. The fourth-order valence-corrected chi connectivity index (χ4v) is 3.82. The molecule has 1 unspecified atom stereocenters. The van der Waals surface area contributed by atoms with Gasteiger partial charge in [-0.05, 0) is 23.3 Å². The number of carbonyl (C=O) groups is 2. The molecule has 0 spiro atoms. The number of benzene rings is 1. The van der Waals surface area contributed by atoms with Gasteiger partial charge in [0.2, 0.25) is 0 Å². The zero-order valence-corrected chi connectivity index (χ0v) is 13.4. The predicted octanol–water partition coefficient (Wildman–Crippen LogP) is 0.321. The molecule has 1 atom stereocenters. The van der Waals surface area contributed by atoms with Crippen LogP contribution in [0.5, 0.6) is 0 Å². The Bertz CT molecular complexity index is 989. The maximum absolute atomic E-state index is 13.0. The largest absolute Gasteiger partial charge is 0.480 e. The number of carbonyl (C=O) groups excluding carboxylic acids is 1. The van der Waals surface area contributed by atoms with E-state index in [0.29, 0.717) is 11.1 Å². The van der Waals surface area contributed by atoms with Gasteiger partial charge in [0.15, 0.2) is 16.9 Å². The molecule has 0 saturated heterocycles. The van der Waals surface area contributed by atoms with Crippen molar-refractivity contribution in [3.63, 3.8) is 0 Å². The molecule has 1 aliphatic heterocycles. The first kappa shape index (κ1) is 17.0. The quantitative estimate of drug-likeness (QED) is 0.666. The number of hydrogen-bond acceptors (Lipinski definition) is 6. The number of aliphatic carboxylic acids is 1. The van der Waals surface area contributed by atoms with E-state index >= 15 is 0 Å². The molecule has 2 heterocycles. The van der Waals surface area contributed by atoms with Crippen LogP contribution in [0.3, 0.4) is 0 Å². The molecular formula is C15H12FN3O5S. The number of ketones is 1. The predicted molar refractivity (Wildman–Crippen MR) is 83.9 cm³/mol. The van der Waals surface area contributed by atoms with E-state index in [-0.39, 0.29) is 12.1 Å². The molecule has 0 radical (unpaired) electrons. The number of sulfonamides is 1. The van der Waals surface area contributed by atoms with Crippen molar-refractivity contribution in [1.29, 1.82) is 0 Å². The van der Waals surface area contributed by atoms with Crippen molar-refractivity contribution in [2.45, 2.75) is 17.5 Å². The van der Waals surface area contributed by atoms with Gasteiger partial charge in [0, 0.05) is 12.6 Å². The van der Waals surface area contributed by atoms with Gasteiger partial charge >= 0.3 is 5.97 Å². The topological polar surface area (TPSA) is 139 Å². The van der Waals surface area contributed by atoms with Crippen LogP contribution in [0.1, 0.15) is 21.5 Å². The molecule has 0 saturated carbocycles. The molecule has 1 aliphatic rings. The van der Waals surface area contributed by atoms with E-state index in [1.807, 2.05) is 0 Å². The van der Waals surface area contributed by atoms with Crippen LogP contribution in [-0.2, 0) is 21.2 Å². The summed E-state index contributed by atoms with van der Waals surface area (Å²) in [4.78, 5) is 27.2.